The Morgan fingerprint density at radius 3 is 2.21 bits per heavy atom. The van der Waals surface area contributed by atoms with Crippen LogP contribution in [-0.2, 0) is 4.74 Å². The Kier molecular flexibility index (Phi) is 7.80. The minimum atomic E-state index is -1.60. The summed E-state index contributed by atoms with van der Waals surface area (Å²) in [6.07, 6.45) is 1.94. The Morgan fingerprint density at radius 1 is 0.964 bits per heavy atom. The van der Waals surface area contributed by atoms with Crippen LogP contribution in [0.15, 0.2) is 41.4 Å². The molecule has 0 aliphatic heterocycles. The van der Waals surface area contributed by atoms with Crippen LogP contribution in [0, 0.1) is 0 Å². The fraction of sp³-hybridized carbons (Fsp3) is 0.409. The van der Waals surface area contributed by atoms with Crippen molar-refractivity contribution in [2.45, 2.75) is 39.3 Å². The first kappa shape index (κ1) is 23.0. The number of benzene rings is 2. The summed E-state index contributed by atoms with van der Waals surface area (Å²) < 4.78 is 11.4. The van der Waals surface area contributed by atoms with E-state index < -0.39 is 16.1 Å². The van der Waals surface area contributed by atoms with Crippen LogP contribution in [0.1, 0.15) is 5.56 Å². The molecular weight excluding hydrogens is 397 g/mol. The van der Waals surface area contributed by atoms with Crippen molar-refractivity contribution in [1.29, 1.82) is 0 Å². The number of hydrogen-bond donors (Lipinski definition) is 0. The Morgan fingerprint density at radius 2 is 1.64 bits per heavy atom. The van der Waals surface area contributed by atoms with Crippen LogP contribution >= 0.6 is 8.58 Å². The molecule has 1 unspecified atom stereocenters. The van der Waals surface area contributed by atoms with Crippen molar-refractivity contribution in [3.8, 4) is 5.75 Å². The zero-order chi connectivity index (χ0) is 20.9. The normalized spacial score (nSPS) is 13.0. The highest BCUT2D eigenvalue weighted by Gasteiger charge is 2.28. The molecule has 0 spiro atoms. The van der Waals surface area contributed by atoms with E-state index in [1.807, 2.05) is 13.3 Å². The van der Waals surface area contributed by atoms with Crippen molar-refractivity contribution in [3.63, 3.8) is 0 Å². The number of aliphatic imine (C=N–C) groups is 1. The quantitative estimate of drug-likeness (QED) is 0.277. The molecule has 0 heterocycles. The minimum absolute atomic E-state index is 0.277. The maximum absolute atomic E-state index is 6.18. The van der Waals surface area contributed by atoms with Crippen LogP contribution in [0.3, 0.4) is 0 Å². The highest BCUT2D eigenvalue weighted by atomic mass is 31.1. The lowest BCUT2D eigenvalue weighted by atomic mass is 10.2. The van der Waals surface area contributed by atoms with Crippen LogP contribution in [-0.4, -0.2) is 43.3 Å². The van der Waals surface area contributed by atoms with Gasteiger partial charge in [0.2, 0.25) is 0 Å². The van der Waals surface area contributed by atoms with Gasteiger partial charge in [0.1, 0.15) is 5.75 Å². The topological polar surface area (TPSA) is 30.8 Å². The van der Waals surface area contributed by atoms with Gasteiger partial charge in [-0.2, -0.15) is 0 Å². The second kappa shape index (κ2) is 9.49. The lowest BCUT2D eigenvalue weighted by Crippen LogP contribution is -2.48. The van der Waals surface area contributed by atoms with E-state index in [1.54, 1.807) is 7.11 Å². The standard InChI is InChI=1S/C22H34NO2PSi2/c1-23-15-17-11-9-10-12-19(17)26-20-13-18(27(3,4)5)14-21(28(6,7)8)22(20)25-16-24-2/h9-15,26H,16H2,1-8H3/b23-15+. The van der Waals surface area contributed by atoms with E-state index >= 15 is 0 Å². The van der Waals surface area contributed by atoms with Gasteiger partial charge < -0.3 is 9.47 Å². The van der Waals surface area contributed by atoms with Crippen molar-refractivity contribution in [2.75, 3.05) is 21.0 Å². The van der Waals surface area contributed by atoms with E-state index in [-0.39, 0.29) is 6.79 Å². The maximum atomic E-state index is 6.18. The lowest BCUT2D eigenvalue weighted by Gasteiger charge is -2.28. The van der Waals surface area contributed by atoms with Crippen molar-refractivity contribution < 1.29 is 9.47 Å². The SMILES string of the molecule is C/N=C/c1ccccc1Pc1cc([Si](C)(C)C)cc([Si](C)(C)C)c1OCOC. The number of methoxy groups -OCH3 is 1. The van der Waals surface area contributed by atoms with Crippen LogP contribution in [0.5, 0.6) is 5.75 Å². The molecule has 2 aromatic rings. The highest BCUT2D eigenvalue weighted by molar-refractivity contribution is 7.56. The molecule has 6 heteroatoms. The van der Waals surface area contributed by atoms with E-state index in [4.69, 9.17) is 9.47 Å². The Hall–Kier alpha value is -1.27. The van der Waals surface area contributed by atoms with Gasteiger partial charge in [0, 0.05) is 25.7 Å². The van der Waals surface area contributed by atoms with Gasteiger partial charge in [-0.05, 0) is 16.1 Å². The average Bonchev–Trinajstić information content (AvgIpc) is 2.60. The van der Waals surface area contributed by atoms with E-state index in [0.717, 1.165) is 5.75 Å². The molecule has 28 heavy (non-hydrogen) atoms. The summed E-state index contributed by atoms with van der Waals surface area (Å²) in [5.74, 6) is 1.03. The Labute approximate surface area is 174 Å². The molecule has 0 fully saturated rings. The van der Waals surface area contributed by atoms with E-state index in [0.29, 0.717) is 8.58 Å². The number of nitrogens with zero attached hydrogens (tertiary/aromatic N) is 1. The zero-order valence-corrected chi connectivity index (χ0v) is 21.5. The van der Waals surface area contributed by atoms with Gasteiger partial charge in [0.05, 0.1) is 16.1 Å². The average molecular weight is 432 g/mol. The van der Waals surface area contributed by atoms with Crippen molar-refractivity contribution >= 4 is 51.9 Å². The predicted octanol–water partition coefficient (Wildman–Crippen LogP) is 3.44. The summed E-state index contributed by atoms with van der Waals surface area (Å²) in [5, 5.41) is 5.48. The molecule has 0 aliphatic rings. The van der Waals surface area contributed by atoms with Crippen molar-refractivity contribution in [3.05, 3.63) is 42.0 Å². The van der Waals surface area contributed by atoms with E-state index in [2.05, 4.69) is 80.7 Å². The fourth-order valence-corrected chi connectivity index (χ4v) is 7.35. The third kappa shape index (κ3) is 5.87. The van der Waals surface area contributed by atoms with E-state index in [1.165, 1.54) is 26.5 Å². The van der Waals surface area contributed by atoms with Gasteiger partial charge in [0.25, 0.3) is 0 Å². The first-order valence-corrected chi connectivity index (χ1v) is 17.7. The van der Waals surface area contributed by atoms with Gasteiger partial charge in [-0.15, -0.1) is 0 Å². The van der Waals surface area contributed by atoms with Crippen LogP contribution < -0.4 is 25.7 Å². The molecule has 3 nitrogen and oxygen atoms in total. The Balaban J connectivity index is 2.69. The molecule has 152 valence electrons. The second-order valence-corrected chi connectivity index (χ2v) is 20.5. The van der Waals surface area contributed by atoms with Gasteiger partial charge >= 0.3 is 0 Å². The molecule has 0 N–H and O–H groups in total. The molecule has 0 amide bonds. The number of ether oxygens (including phenoxy) is 2. The molecule has 0 radical (unpaired) electrons. The van der Waals surface area contributed by atoms with E-state index in [9.17, 15) is 0 Å². The molecule has 0 aliphatic carbocycles. The summed E-state index contributed by atoms with van der Waals surface area (Å²) in [7, 11) is 0.964. The second-order valence-electron chi connectivity index (χ2n) is 9.05. The third-order valence-electron chi connectivity index (χ3n) is 4.58. The van der Waals surface area contributed by atoms with Gasteiger partial charge in [0.15, 0.2) is 6.79 Å². The lowest BCUT2D eigenvalue weighted by molar-refractivity contribution is 0.0526. The largest absolute Gasteiger partial charge is 0.467 e. The molecule has 1 atom stereocenters. The van der Waals surface area contributed by atoms with Crippen LogP contribution in [0.2, 0.25) is 39.3 Å². The molecule has 2 aromatic carbocycles. The summed E-state index contributed by atoms with van der Waals surface area (Å²) in [5.41, 5.74) is 1.17. The first-order valence-electron chi connectivity index (χ1n) is 9.67. The summed E-state index contributed by atoms with van der Waals surface area (Å²) in [6, 6.07) is 13.3. The fourth-order valence-electron chi connectivity index (χ4n) is 2.99. The molecule has 2 rings (SSSR count). The number of rotatable bonds is 8. The molecule has 0 saturated heterocycles. The summed E-state index contributed by atoms with van der Waals surface area (Å²) in [4.78, 5) is 4.24. The smallest absolute Gasteiger partial charge is 0.188 e. The zero-order valence-electron chi connectivity index (χ0n) is 18.5. The Bertz CT molecular complexity index is 839. The molecular formula is C22H34NO2PSi2. The highest BCUT2D eigenvalue weighted by Crippen LogP contribution is 2.23. The summed E-state index contributed by atoms with van der Waals surface area (Å²) >= 11 is 0. The molecule has 0 bridgehead atoms. The monoisotopic (exact) mass is 431 g/mol. The van der Waals surface area contributed by atoms with Gasteiger partial charge in [-0.25, -0.2) is 0 Å². The number of hydrogen-bond acceptors (Lipinski definition) is 3. The molecule has 0 saturated carbocycles. The van der Waals surface area contributed by atoms with Crippen LogP contribution in [0.4, 0.5) is 0 Å². The van der Waals surface area contributed by atoms with Crippen molar-refractivity contribution in [2.24, 2.45) is 4.99 Å². The maximum Gasteiger partial charge on any atom is 0.188 e. The minimum Gasteiger partial charge on any atom is -0.467 e. The predicted molar refractivity (Wildman–Crippen MR) is 132 cm³/mol. The van der Waals surface area contributed by atoms with Gasteiger partial charge in [-0.1, -0.05) is 89.4 Å². The summed E-state index contributed by atoms with van der Waals surface area (Å²) in [6.45, 7) is 14.7. The van der Waals surface area contributed by atoms with Crippen LogP contribution in [0.25, 0.3) is 0 Å². The van der Waals surface area contributed by atoms with Gasteiger partial charge in [-0.3, -0.25) is 4.99 Å². The first-order chi connectivity index (χ1) is 13.1. The third-order valence-corrected chi connectivity index (χ3v) is 9.96. The molecule has 0 aromatic heterocycles. The van der Waals surface area contributed by atoms with Crippen molar-refractivity contribution in [1.82, 2.24) is 0 Å².